The summed E-state index contributed by atoms with van der Waals surface area (Å²) < 4.78 is 46.6. The summed E-state index contributed by atoms with van der Waals surface area (Å²) in [5, 5.41) is 4.81. The molecule has 156 valence electrons. The Balaban J connectivity index is 2.08. The van der Waals surface area contributed by atoms with E-state index in [0.717, 1.165) is 4.57 Å². The van der Waals surface area contributed by atoms with Gasteiger partial charge in [0.15, 0.2) is 5.82 Å². The van der Waals surface area contributed by atoms with Crippen LogP contribution in [-0.2, 0) is 6.54 Å². The smallest absolute Gasteiger partial charge is 0.406 e. The van der Waals surface area contributed by atoms with Gasteiger partial charge in [-0.3, -0.25) is 9.36 Å². The number of rotatable bonds is 4. The van der Waals surface area contributed by atoms with Gasteiger partial charge in [-0.1, -0.05) is 18.2 Å². The number of methoxy groups -OCH3 is 1. The second-order valence-electron chi connectivity index (χ2n) is 6.80. The van der Waals surface area contributed by atoms with E-state index in [1.54, 1.807) is 37.2 Å². The summed E-state index contributed by atoms with van der Waals surface area (Å²) in [5.41, 5.74) is 0.225. The zero-order valence-electron chi connectivity index (χ0n) is 16.3. The molecule has 11 heteroatoms. The van der Waals surface area contributed by atoms with Gasteiger partial charge in [-0.2, -0.15) is 23.3 Å². The first-order valence-electron chi connectivity index (χ1n) is 8.86. The van der Waals surface area contributed by atoms with Crippen LogP contribution in [0.4, 0.5) is 19.0 Å². The average molecular weight is 418 g/mol. The number of fused-ring (bicyclic) bond motifs is 3. The van der Waals surface area contributed by atoms with Crippen molar-refractivity contribution in [2.24, 2.45) is 0 Å². The lowest BCUT2D eigenvalue weighted by atomic mass is 10.1. The van der Waals surface area contributed by atoms with E-state index < -0.39 is 18.3 Å². The minimum absolute atomic E-state index is 0.0680. The summed E-state index contributed by atoms with van der Waals surface area (Å²) in [5.74, 6) is 0.468. The van der Waals surface area contributed by atoms with E-state index in [4.69, 9.17) is 4.74 Å². The van der Waals surface area contributed by atoms with Gasteiger partial charge in [0.05, 0.1) is 35.9 Å². The van der Waals surface area contributed by atoms with Crippen LogP contribution in [0.15, 0.2) is 41.5 Å². The summed E-state index contributed by atoms with van der Waals surface area (Å²) in [4.78, 5) is 23.1. The molecule has 0 fully saturated rings. The Morgan fingerprint density at radius 2 is 1.87 bits per heavy atom. The summed E-state index contributed by atoms with van der Waals surface area (Å²) in [6, 6.07) is 6.57. The highest BCUT2D eigenvalue weighted by Crippen LogP contribution is 2.30. The molecule has 1 aromatic carbocycles. The fourth-order valence-electron chi connectivity index (χ4n) is 3.37. The standard InChI is InChI=1S/C19H17F3N6O2/c1-26(2)16-14(9-23-18(25-16)30-3)28-15-11-6-4-5-7-13(11)27(10-19(20,21)22)17(29)12(15)8-24-28/h4-9H,10H2,1-3H3. The zero-order chi connectivity index (χ0) is 21.6. The van der Waals surface area contributed by atoms with Crippen LogP contribution in [-0.4, -0.2) is 51.7 Å². The van der Waals surface area contributed by atoms with E-state index in [0.29, 0.717) is 22.4 Å². The molecule has 0 unspecified atom stereocenters. The number of para-hydroxylation sites is 1. The third kappa shape index (κ3) is 3.21. The van der Waals surface area contributed by atoms with Gasteiger partial charge in [-0.05, 0) is 6.07 Å². The largest absolute Gasteiger partial charge is 0.467 e. The Morgan fingerprint density at radius 1 is 1.13 bits per heavy atom. The average Bonchev–Trinajstić information content (AvgIpc) is 3.15. The SMILES string of the molecule is COc1ncc(-n2ncc3c(=O)n(CC(F)(F)F)c4ccccc4c32)c(N(C)C)n1. The number of benzene rings is 1. The number of nitrogens with zero attached hydrogens (tertiary/aromatic N) is 6. The van der Waals surface area contributed by atoms with Crippen molar-refractivity contribution < 1.29 is 17.9 Å². The predicted octanol–water partition coefficient (Wildman–Crippen LogP) is 2.77. The number of anilines is 1. The maximum atomic E-state index is 13.1. The molecule has 4 rings (SSSR count). The highest BCUT2D eigenvalue weighted by molar-refractivity contribution is 6.04. The van der Waals surface area contributed by atoms with Crippen molar-refractivity contribution in [3.05, 3.63) is 47.0 Å². The summed E-state index contributed by atoms with van der Waals surface area (Å²) in [6.45, 7) is -1.39. The van der Waals surface area contributed by atoms with Gasteiger partial charge < -0.3 is 9.64 Å². The summed E-state index contributed by atoms with van der Waals surface area (Å²) >= 11 is 0. The van der Waals surface area contributed by atoms with E-state index in [1.165, 1.54) is 30.3 Å². The van der Waals surface area contributed by atoms with E-state index in [2.05, 4.69) is 15.1 Å². The lowest BCUT2D eigenvalue weighted by Crippen LogP contribution is -2.28. The van der Waals surface area contributed by atoms with Crippen LogP contribution in [0.25, 0.3) is 27.5 Å². The maximum absolute atomic E-state index is 13.1. The van der Waals surface area contributed by atoms with Gasteiger partial charge in [-0.25, -0.2) is 9.67 Å². The van der Waals surface area contributed by atoms with Crippen molar-refractivity contribution in [3.63, 3.8) is 0 Å². The molecule has 0 aliphatic heterocycles. The number of hydrogen-bond donors (Lipinski definition) is 0. The Bertz CT molecular complexity index is 1310. The van der Waals surface area contributed by atoms with Crippen molar-refractivity contribution in [1.29, 1.82) is 0 Å². The molecule has 0 radical (unpaired) electrons. The number of pyridine rings is 1. The van der Waals surface area contributed by atoms with Gasteiger partial charge >= 0.3 is 12.2 Å². The van der Waals surface area contributed by atoms with Crippen LogP contribution < -0.4 is 15.2 Å². The molecule has 0 saturated heterocycles. The molecule has 4 aromatic rings. The molecule has 3 heterocycles. The first-order valence-corrected chi connectivity index (χ1v) is 8.86. The van der Waals surface area contributed by atoms with Crippen LogP contribution in [0.3, 0.4) is 0 Å². The molecule has 8 nitrogen and oxygen atoms in total. The molecular formula is C19H17F3N6O2. The highest BCUT2D eigenvalue weighted by Gasteiger charge is 2.30. The molecule has 30 heavy (non-hydrogen) atoms. The van der Waals surface area contributed by atoms with Gasteiger partial charge in [-0.15, -0.1) is 0 Å². The summed E-state index contributed by atoms with van der Waals surface area (Å²) in [7, 11) is 4.98. The van der Waals surface area contributed by atoms with Crippen LogP contribution in [0.5, 0.6) is 6.01 Å². The normalized spacial score (nSPS) is 11.9. The second-order valence-corrected chi connectivity index (χ2v) is 6.80. The highest BCUT2D eigenvalue weighted by atomic mass is 19.4. The van der Waals surface area contributed by atoms with Crippen molar-refractivity contribution in [3.8, 4) is 11.7 Å². The molecule has 0 atom stereocenters. The molecule has 0 spiro atoms. The first kappa shape index (κ1) is 19.7. The van der Waals surface area contributed by atoms with E-state index in [1.807, 2.05) is 0 Å². The molecule has 0 bridgehead atoms. The summed E-state index contributed by atoms with van der Waals surface area (Å²) in [6.07, 6.45) is -1.79. The maximum Gasteiger partial charge on any atom is 0.406 e. The van der Waals surface area contributed by atoms with E-state index in [-0.39, 0.29) is 16.9 Å². The van der Waals surface area contributed by atoms with Crippen molar-refractivity contribution in [2.75, 3.05) is 26.1 Å². The number of halogens is 3. The number of ether oxygens (including phenoxy) is 1. The first-order chi connectivity index (χ1) is 14.2. The fourth-order valence-corrected chi connectivity index (χ4v) is 3.37. The minimum Gasteiger partial charge on any atom is -0.467 e. The van der Waals surface area contributed by atoms with Gasteiger partial charge in [0.2, 0.25) is 0 Å². The van der Waals surface area contributed by atoms with Crippen LogP contribution in [0.2, 0.25) is 0 Å². The fraction of sp³-hybridized carbons (Fsp3) is 0.263. The topological polar surface area (TPSA) is 78.1 Å². The van der Waals surface area contributed by atoms with Crippen LogP contribution >= 0.6 is 0 Å². The Morgan fingerprint density at radius 3 is 2.53 bits per heavy atom. The molecule has 0 amide bonds. The Kier molecular flexibility index (Phi) is 4.60. The lowest BCUT2D eigenvalue weighted by molar-refractivity contribution is -0.140. The number of alkyl halides is 3. The van der Waals surface area contributed by atoms with Crippen molar-refractivity contribution in [1.82, 2.24) is 24.3 Å². The van der Waals surface area contributed by atoms with E-state index in [9.17, 15) is 18.0 Å². The predicted molar refractivity (Wildman–Crippen MR) is 105 cm³/mol. The number of hydrogen-bond acceptors (Lipinski definition) is 6. The van der Waals surface area contributed by atoms with E-state index >= 15 is 0 Å². The van der Waals surface area contributed by atoms with Crippen LogP contribution in [0, 0.1) is 0 Å². The quantitative estimate of drug-likeness (QED) is 0.507. The minimum atomic E-state index is -4.54. The second kappa shape index (κ2) is 7.01. The third-order valence-electron chi connectivity index (χ3n) is 4.59. The number of aromatic nitrogens is 5. The Hall–Kier alpha value is -3.63. The van der Waals surface area contributed by atoms with Gasteiger partial charge in [0.25, 0.3) is 5.56 Å². The monoisotopic (exact) mass is 418 g/mol. The molecule has 0 saturated carbocycles. The molecule has 0 N–H and O–H groups in total. The molecular weight excluding hydrogens is 401 g/mol. The molecule has 0 aliphatic rings. The van der Waals surface area contributed by atoms with Crippen molar-refractivity contribution >= 4 is 27.6 Å². The third-order valence-corrected chi connectivity index (χ3v) is 4.59. The van der Waals surface area contributed by atoms with Gasteiger partial charge in [0.1, 0.15) is 12.2 Å². The Labute approximate surface area is 168 Å². The van der Waals surface area contributed by atoms with Crippen LogP contribution in [0.1, 0.15) is 0 Å². The molecule has 3 aromatic heterocycles. The van der Waals surface area contributed by atoms with Crippen molar-refractivity contribution in [2.45, 2.75) is 12.7 Å². The van der Waals surface area contributed by atoms with Gasteiger partial charge in [0, 0.05) is 19.5 Å². The zero-order valence-corrected chi connectivity index (χ0v) is 16.3. The lowest BCUT2D eigenvalue weighted by Gasteiger charge is -2.18. The molecule has 0 aliphatic carbocycles.